The molecule has 0 spiro atoms. The standard InChI is InChI=1S/C22H27N3O2/c1-3-16-7-4-5-10-20(16)24-22(27)15-25(2)14-21(26)23-19-12-11-17-8-6-9-18(17)13-19/h4-5,7,10-13H,3,6,8-9,14-15H2,1-2H3,(H,23,26)(H,24,27)/p+1. The molecule has 0 aromatic heterocycles. The predicted molar refractivity (Wildman–Crippen MR) is 108 cm³/mol. The molecule has 5 nitrogen and oxygen atoms in total. The molecule has 3 N–H and O–H groups in total. The number of benzene rings is 2. The Hall–Kier alpha value is -2.66. The number of carbonyl (C=O) groups excluding carboxylic acids is 2. The largest absolute Gasteiger partial charge is 0.322 e. The Morgan fingerprint density at radius 1 is 0.963 bits per heavy atom. The predicted octanol–water partition coefficient (Wildman–Crippen LogP) is 1.83. The molecule has 0 heterocycles. The van der Waals surface area contributed by atoms with Crippen molar-refractivity contribution in [2.24, 2.45) is 0 Å². The zero-order chi connectivity index (χ0) is 19.2. The highest BCUT2D eigenvalue weighted by molar-refractivity contribution is 5.93. The molecular weight excluding hydrogens is 338 g/mol. The van der Waals surface area contributed by atoms with Gasteiger partial charge in [0.25, 0.3) is 11.8 Å². The fourth-order valence-corrected chi connectivity index (χ4v) is 3.61. The van der Waals surface area contributed by atoms with Gasteiger partial charge in [0.15, 0.2) is 13.1 Å². The maximum Gasteiger partial charge on any atom is 0.279 e. The Bertz CT molecular complexity index is 832. The number of para-hydroxylation sites is 1. The van der Waals surface area contributed by atoms with Crippen molar-refractivity contribution in [2.45, 2.75) is 32.6 Å². The number of rotatable bonds is 7. The van der Waals surface area contributed by atoms with E-state index < -0.39 is 0 Å². The summed E-state index contributed by atoms with van der Waals surface area (Å²) in [5.41, 5.74) is 5.52. The van der Waals surface area contributed by atoms with Crippen LogP contribution >= 0.6 is 0 Å². The number of aryl methyl sites for hydroxylation is 3. The summed E-state index contributed by atoms with van der Waals surface area (Å²) in [7, 11) is 1.85. The first-order valence-corrected chi connectivity index (χ1v) is 9.66. The van der Waals surface area contributed by atoms with Gasteiger partial charge in [0.2, 0.25) is 0 Å². The summed E-state index contributed by atoms with van der Waals surface area (Å²) < 4.78 is 0. The van der Waals surface area contributed by atoms with Crippen LogP contribution in [0, 0.1) is 0 Å². The van der Waals surface area contributed by atoms with Gasteiger partial charge in [0, 0.05) is 11.4 Å². The summed E-state index contributed by atoms with van der Waals surface area (Å²) in [4.78, 5) is 25.4. The highest BCUT2D eigenvalue weighted by Gasteiger charge is 2.16. The summed E-state index contributed by atoms with van der Waals surface area (Å²) in [6.45, 7) is 2.56. The van der Waals surface area contributed by atoms with Gasteiger partial charge >= 0.3 is 0 Å². The van der Waals surface area contributed by atoms with Crippen LogP contribution < -0.4 is 15.5 Å². The zero-order valence-corrected chi connectivity index (χ0v) is 16.1. The number of likely N-dealkylation sites (N-methyl/N-ethyl adjacent to an activating group) is 1. The summed E-state index contributed by atoms with van der Waals surface area (Å²) in [5, 5.41) is 5.90. The molecule has 5 heteroatoms. The maximum absolute atomic E-state index is 12.3. The molecule has 1 atom stereocenters. The first-order chi connectivity index (χ1) is 13.0. The van der Waals surface area contributed by atoms with Gasteiger partial charge < -0.3 is 15.5 Å². The van der Waals surface area contributed by atoms with Crippen molar-refractivity contribution in [3.8, 4) is 0 Å². The molecule has 0 radical (unpaired) electrons. The van der Waals surface area contributed by atoms with Crippen molar-refractivity contribution in [1.82, 2.24) is 0 Å². The molecule has 0 saturated carbocycles. The second-order valence-corrected chi connectivity index (χ2v) is 7.25. The normalized spacial score (nSPS) is 13.7. The van der Waals surface area contributed by atoms with Crippen LogP contribution in [-0.2, 0) is 28.9 Å². The second kappa shape index (κ2) is 8.82. The summed E-state index contributed by atoms with van der Waals surface area (Å²) in [6, 6.07) is 13.9. The van der Waals surface area contributed by atoms with Gasteiger partial charge in [-0.1, -0.05) is 31.2 Å². The lowest BCUT2D eigenvalue weighted by Gasteiger charge is -2.15. The molecule has 3 rings (SSSR count). The minimum Gasteiger partial charge on any atom is -0.322 e. The Kier molecular flexibility index (Phi) is 6.24. The molecule has 0 aliphatic heterocycles. The van der Waals surface area contributed by atoms with E-state index in [0.717, 1.165) is 41.1 Å². The van der Waals surface area contributed by atoms with Gasteiger partial charge in [0.05, 0.1) is 7.05 Å². The van der Waals surface area contributed by atoms with Crippen molar-refractivity contribution in [2.75, 3.05) is 30.8 Å². The van der Waals surface area contributed by atoms with Crippen molar-refractivity contribution >= 4 is 23.2 Å². The average Bonchev–Trinajstić information content (AvgIpc) is 3.09. The van der Waals surface area contributed by atoms with Gasteiger partial charge in [-0.25, -0.2) is 0 Å². The summed E-state index contributed by atoms with van der Waals surface area (Å²) >= 11 is 0. The minimum atomic E-state index is -0.0845. The lowest BCUT2D eigenvalue weighted by Crippen LogP contribution is -3.11. The van der Waals surface area contributed by atoms with E-state index in [-0.39, 0.29) is 24.9 Å². The average molecular weight is 366 g/mol. The number of carbonyl (C=O) groups is 2. The van der Waals surface area contributed by atoms with E-state index in [2.05, 4.69) is 29.7 Å². The number of quaternary nitrogens is 1. The molecule has 1 aliphatic carbocycles. The SMILES string of the molecule is CCc1ccccc1NC(=O)C[NH+](C)CC(=O)Nc1ccc2c(c1)CCC2. The van der Waals surface area contributed by atoms with Crippen LogP contribution in [0.5, 0.6) is 0 Å². The van der Waals surface area contributed by atoms with Gasteiger partial charge in [-0.15, -0.1) is 0 Å². The fraction of sp³-hybridized carbons (Fsp3) is 0.364. The van der Waals surface area contributed by atoms with Crippen LogP contribution in [-0.4, -0.2) is 32.0 Å². The summed E-state index contributed by atoms with van der Waals surface area (Å²) in [5.74, 6) is -0.161. The van der Waals surface area contributed by atoms with Crippen LogP contribution in [0.1, 0.15) is 30.0 Å². The van der Waals surface area contributed by atoms with E-state index in [4.69, 9.17) is 0 Å². The van der Waals surface area contributed by atoms with Crippen LogP contribution in [0.2, 0.25) is 0 Å². The highest BCUT2D eigenvalue weighted by Crippen LogP contribution is 2.24. The highest BCUT2D eigenvalue weighted by atomic mass is 16.2. The fourth-order valence-electron chi connectivity index (χ4n) is 3.61. The topological polar surface area (TPSA) is 62.6 Å². The molecular formula is C22H28N3O2+. The Balaban J connectivity index is 1.49. The molecule has 2 aromatic rings. The number of fused-ring (bicyclic) bond motifs is 1. The molecule has 1 unspecified atom stereocenters. The van der Waals surface area contributed by atoms with E-state index in [1.165, 1.54) is 17.5 Å². The molecule has 0 bridgehead atoms. The third kappa shape index (κ3) is 5.17. The zero-order valence-electron chi connectivity index (χ0n) is 16.1. The second-order valence-electron chi connectivity index (χ2n) is 7.25. The van der Waals surface area contributed by atoms with E-state index in [0.29, 0.717) is 0 Å². The Morgan fingerprint density at radius 2 is 1.67 bits per heavy atom. The van der Waals surface area contributed by atoms with Gasteiger partial charge in [-0.2, -0.15) is 0 Å². The van der Waals surface area contributed by atoms with Gasteiger partial charge in [-0.05, 0) is 60.6 Å². The Labute approximate surface area is 160 Å². The van der Waals surface area contributed by atoms with Crippen molar-refractivity contribution in [1.29, 1.82) is 0 Å². The smallest absolute Gasteiger partial charge is 0.279 e. The number of hydrogen-bond acceptors (Lipinski definition) is 2. The van der Waals surface area contributed by atoms with E-state index in [1.54, 1.807) is 0 Å². The molecule has 0 saturated heterocycles. The number of anilines is 2. The number of amides is 2. The third-order valence-corrected chi connectivity index (χ3v) is 4.98. The van der Waals surface area contributed by atoms with Crippen LogP contribution in [0.4, 0.5) is 11.4 Å². The molecule has 142 valence electrons. The lowest BCUT2D eigenvalue weighted by atomic mass is 10.1. The van der Waals surface area contributed by atoms with Crippen LogP contribution in [0.25, 0.3) is 0 Å². The summed E-state index contributed by atoms with van der Waals surface area (Å²) in [6.07, 6.45) is 4.27. The van der Waals surface area contributed by atoms with Crippen LogP contribution in [0.15, 0.2) is 42.5 Å². The first-order valence-electron chi connectivity index (χ1n) is 9.66. The number of hydrogen-bond donors (Lipinski definition) is 3. The minimum absolute atomic E-state index is 0.0767. The molecule has 2 amide bonds. The molecule has 0 fully saturated rings. The van der Waals surface area contributed by atoms with E-state index in [9.17, 15) is 9.59 Å². The van der Waals surface area contributed by atoms with Crippen molar-refractivity contribution < 1.29 is 14.5 Å². The number of nitrogens with one attached hydrogen (secondary N) is 3. The Morgan fingerprint density at radius 3 is 2.44 bits per heavy atom. The van der Waals surface area contributed by atoms with Crippen molar-refractivity contribution in [3.05, 3.63) is 59.2 Å². The quantitative estimate of drug-likeness (QED) is 0.700. The monoisotopic (exact) mass is 366 g/mol. The van der Waals surface area contributed by atoms with Gasteiger partial charge in [0.1, 0.15) is 0 Å². The first kappa shape index (κ1) is 19.1. The van der Waals surface area contributed by atoms with E-state index in [1.807, 2.05) is 37.4 Å². The van der Waals surface area contributed by atoms with Crippen LogP contribution in [0.3, 0.4) is 0 Å². The van der Waals surface area contributed by atoms with Crippen molar-refractivity contribution in [3.63, 3.8) is 0 Å². The molecule has 1 aliphatic rings. The van der Waals surface area contributed by atoms with Gasteiger partial charge in [-0.3, -0.25) is 9.59 Å². The van der Waals surface area contributed by atoms with E-state index >= 15 is 0 Å². The lowest BCUT2D eigenvalue weighted by molar-refractivity contribution is -0.862. The molecule has 27 heavy (non-hydrogen) atoms. The molecule has 2 aromatic carbocycles. The maximum atomic E-state index is 12.3. The third-order valence-electron chi connectivity index (χ3n) is 4.98.